The first-order valence-electron chi connectivity index (χ1n) is 7.56. The van der Waals surface area contributed by atoms with Gasteiger partial charge in [0.15, 0.2) is 0 Å². The third-order valence-corrected chi connectivity index (χ3v) is 3.85. The van der Waals surface area contributed by atoms with E-state index < -0.39 is 0 Å². The van der Waals surface area contributed by atoms with E-state index >= 15 is 0 Å². The third-order valence-electron chi connectivity index (χ3n) is 3.85. The molecule has 2 N–H and O–H groups in total. The summed E-state index contributed by atoms with van der Waals surface area (Å²) in [6, 6.07) is -0.0419. The van der Waals surface area contributed by atoms with Crippen molar-refractivity contribution in [2.24, 2.45) is 0 Å². The summed E-state index contributed by atoms with van der Waals surface area (Å²) in [5, 5.41) is 6.35. The molecule has 1 heterocycles. The van der Waals surface area contributed by atoms with Crippen LogP contribution in [0.1, 0.15) is 26.7 Å². The number of unbranched alkanes of at least 4 members (excludes halogenated alkanes) is 1. The van der Waals surface area contributed by atoms with Crippen LogP contribution < -0.4 is 10.6 Å². The first kappa shape index (κ1) is 16.4. The van der Waals surface area contributed by atoms with Gasteiger partial charge in [-0.3, -0.25) is 14.6 Å². The predicted octanol–water partition coefficient (Wildman–Crippen LogP) is 0.128. The number of rotatable bonds is 8. The van der Waals surface area contributed by atoms with Crippen molar-refractivity contribution in [2.75, 3.05) is 52.9 Å². The molecular weight excluding hydrogens is 240 g/mol. The highest BCUT2D eigenvalue weighted by Gasteiger charge is 2.18. The molecule has 0 bridgehead atoms. The predicted molar refractivity (Wildman–Crippen MR) is 79.3 cm³/mol. The fourth-order valence-corrected chi connectivity index (χ4v) is 2.16. The van der Waals surface area contributed by atoms with Crippen LogP contribution in [0, 0.1) is 0 Å². The number of nitrogens with one attached hydrogen (secondary N) is 2. The number of amides is 1. The Kier molecular flexibility index (Phi) is 8.02. The molecule has 1 amide bonds. The zero-order chi connectivity index (χ0) is 14.1. The highest BCUT2D eigenvalue weighted by Crippen LogP contribution is 1.98. The van der Waals surface area contributed by atoms with Crippen molar-refractivity contribution in [3.63, 3.8) is 0 Å². The lowest BCUT2D eigenvalue weighted by atomic mass is 10.2. The van der Waals surface area contributed by atoms with E-state index in [9.17, 15) is 4.79 Å². The molecular formula is C14H30N4O. The van der Waals surface area contributed by atoms with Gasteiger partial charge in [-0.05, 0) is 20.4 Å². The van der Waals surface area contributed by atoms with Gasteiger partial charge in [0.2, 0.25) is 5.91 Å². The molecule has 5 heteroatoms. The maximum Gasteiger partial charge on any atom is 0.237 e. The van der Waals surface area contributed by atoms with E-state index in [-0.39, 0.29) is 11.9 Å². The lowest BCUT2D eigenvalue weighted by Crippen LogP contribution is -2.49. The Hall–Kier alpha value is -0.650. The summed E-state index contributed by atoms with van der Waals surface area (Å²) >= 11 is 0. The maximum absolute atomic E-state index is 11.9. The van der Waals surface area contributed by atoms with Gasteiger partial charge in [0.25, 0.3) is 0 Å². The van der Waals surface area contributed by atoms with Gasteiger partial charge in [-0.1, -0.05) is 13.3 Å². The maximum atomic E-state index is 11.9. The van der Waals surface area contributed by atoms with Gasteiger partial charge < -0.3 is 10.6 Å². The number of nitrogens with zero attached hydrogens (tertiary/aromatic N) is 2. The lowest BCUT2D eigenvalue weighted by Gasteiger charge is -2.30. The largest absolute Gasteiger partial charge is 0.355 e. The van der Waals surface area contributed by atoms with Crippen LogP contribution >= 0.6 is 0 Å². The first-order chi connectivity index (χ1) is 9.15. The summed E-state index contributed by atoms with van der Waals surface area (Å²) in [5.41, 5.74) is 0. The summed E-state index contributed by atoms with van der Waals surface area (Å²) in [6.45, 7) is 11.3. The summed E-state index contributed by atoms with van der Waals surface area (Å²) in [7, 11) is 2.03. The van der Waals surface area contributed by atoms with Crippen molar-refractivity contribution in [3.8, 4) is 0 Å². The minimum Gasteiger partial charge on any atom is -0.355 e. The summed E-state index contributed by atoms with van der Waals surface area (Å²) in [5.74, 6) is 0.149. The summed E-state index contributed by atoms with van der Waals surface area (Å²) < 4.78 is 0. The van der Waals surface area contributed by atoms with Crippen LogP contribution in [0.15, 0.2) is 0 Å². The Morgan fingerprint density at radius 1 is 1.42 bits per heavy atom. The molecule has 0 aromatic heterocycles. The second kappa shape index (κ2) is 9.28. The molecule has 0 aromatic rings. The Bertz CT molecular complexity index is 254. The minimum atomic E-state index is -0.0419. The monoisotopic (exact) mass is 270 g/mol. The van der Waals surface area contributed by atoms with Crippen molar-refractivity contribution in [1.29, 1.82) is 0 Å². The van der Waals surface area contributed by atoms with Gasteiger partial charge in [-0.2, -0.15) is 0 Å². The zero-order valence-electron chi connectivity index (χ0n) is 12.7. The topological polar surface area (TPSA) is 47.6 Å². The molecule has 0 saturated carbocycles. The van der Waals surface area contributed by atoms with E-state index in [1.54, 1.807) is 0 Å². The standard InChI is InChI=1S/C14H30N4O/c1-4-5-6-16-14(19)13(2)17(3)11-12-18-9-7-15-8-10-18/h13,15H,4-12H2,1-3H3,(H,16,19). The molecule has 5 nitrogen and oxygen atoms in total. The van der Waals surface area contributed by atoms with Gasteiger partial charge in [0.1, 0.15) is 0 Å². The summed E-state index contributed by atoms with van der Waals surface area (Å²) in [4.78, 5) is 16.5. The van der Waals surface area contributed by atoms with Crippen molar-refractivity contribution < 1.29 is 4.79 Å². The first-order valence-corrected chi connectivity index (χ1v) is 7.56. The summed E-state index contributed by atoms with van der Waals surface area (Å²) in [6.07, 6.45) is 2.18. The molecule has 0 aliphatic carbocycles. The molecule has 1 atom stereocenters. The van der Waals surface area contributed by atoms with E-state index in [4.69, 9.17) is 0 Å². The third kappa shape index (κ3) is 6.36. The van der Waals surface area contributed by atoms with Crippen molar-refractivity contribution in [2.45, 2.75) is 32.7 Å². The fourth-order valence-electron chi connectivity index (χ4n) is 2.16. The number of hydrogen-bond donors (Lipinski definition) is 2. The van der Waals surface area contributed by atoms with Gasteiger partial charge in [0, 0.05) is 45.8 Å². The molecule has 0 radical (unpaired) electrons. The quantitative estimate of drug-likeness (QED) is 0.616. The zero-order valence-corrected chi connectivity index (χ0v) is 12.7. The van der Waals surface area contributed by atoms with Crippen LogP contribution in [-0.2, 0) is 4.79 Å². The molecule has 1 unspecified atom stereocenters. The molecule has 1 rings (SSSR count). The van der Waals surface area contributed by atoms with E-state index in [1.165, 1.54) is 0 Å². The normalized spacial score (nSPS) is 18.5. The van der Waals surface area contributed by atoms with Crippen LogP contribution in [0.25, 0.3) is 0 Å². The fraction of sp³-hybridized carbons (Fsp3) is 0.929. The van der Waals surface area contributed by atoms with E-state index in [0.29, 0.717) is 0 Å². The average Bonchev–Trinajstić information content (AvgIpc) is 2.45. The molecule has 1 saturated heterocycles. The van der Waals surface area contributed by atoms with E-state index in [0.717, 1.165) is 58.7 Å². The van der Waals surface area contributed by atoms with Gasteiger partial charge in [-0.15, -0.1) is 0 Å². The lowest BCUT2D eigenvalue weighted by molar-refractivity contribution is -0.125. The van der Waals surface area contributed by atoms with E-state index in [2.05, 4.69) is 27.4 Å². The number of carbonyl (C=O) groups is 1. The Labute approximate surface area is 117 Å². The molecule has 0 aromatic carbocycles. The molecule has 1 fully saturated rings. The highest BCUT2D eigenvalue weighted by atomic mass is 16.2. The van der Waals surface area contributed by atoms with Crippen LogP contribution in [0.3, 0.4) is 0 Å². The van der Waals surface area contributed by atoms with Gasteiger partial charge in [-0.25, -0.2) is 0 Å². The molecule has 1 aliphatic rings. The number of hydrogen-bond acceptors (Lipinski definition) is 4. The SMILES string of the molecule is CCCCNC(=O)C(C)N(C)CCN1CCNCC1. The van der Waals surface area contributed by atoms with E-state index in [1.807, 2.05) is 14.0 Å². The molecule has 112 valence electrons. The number of likely N-dealkylation sites (N-methyl/N-ethyl adjacent to an activating group) is 1. The minimum absolute atomic E-state index is 0.0419. The number of carbonyl (C=O) groups excluding carboxylic acids is 1. The van der Waals surface area contributed by atoms with Crippen LogP contribution in [0.5, 0.6) is 0 Å². The Morgan fingerprint density at radius 2 is 2.11 bits per heavy atom. The Balaban J connectivity index is 2.19. The van der Waals surface area contributed by atoms with Crippen molar-refractivity contribution >= 4 is 5.91 Å². The second-order valence-corrected chi connectivity index (χ2v) is 5.39. The average molecular weight is 270 g/mol. The van der Waals surface area contributed by atoms with Gasteiger partial charge >= 0.3 is 0 Å². The van der Waals surface area contributed by atoms with Crippen LogP contribution in [-0.4, -0.2) is 74.6 Å². The van der Waals surface area contributed by atoms with Crippen LogP contribution in [0.4, 0.5) is 0 Å². The molecule has 19 heavy (non-hydrogen) atoms. The van der Waals surface area contributed by atoms with Crippen molar-refractivity contribution in [1.82, 2.24) is 20.4 Å². The molecule has 1 aliphatic heterocycles. The Morgan fingerprint density at radius 3 is 2.74 bits per heavy atom. The smallest absolute Gasteiger partial charge is 0.237 e. The van der Waals surface area contributed by atoms with Crippen molar-refractivity contribution in [3.05, 3.63) is 0 Å². The molecule has 0 spiro atoms. The number of piperazine rings is 1. The highest BCUT2D eigenvalue weighted by molar-refractivity contribution is 5.81. The second-order valence-electron chi connectivity index (χ2n) is 5.39. The van der Waals surface area contributed by atoms with Crippen LogP contribution in [0.2, 0.25) is 0 Å². The van der Waals surface area contributed by atoms with Gasteiger partial charge in [0.05, 0.1) is 6.04 Å².